The third-order valence-electron chi connectivity index (χ3n) is 9.88. The highest BCUT2D eigenvalue weighted by Crippen LogP contribution is 2.36. The number of aliphatic hydroxyl groups is 1. The summed E-state index contributed by atoms with van der Waals surface area (Å²) in [6.45, 7) is 8.90. The third kappa shape index (κ3) is 10.7. The molecule has 1 fully saturated rings. The summed E-state index contributed by atoms with van der Waals surface area (Å²) in [6, 6.07) is 19.2. The number of aliphatic carboxylic acids is 1. The van der Waals surface area contributed by atoms with Gasteiger partial charge in [0.25, 0.3) is 6.47 Å². The standard InChI is InChI=1S/C42H47ClN4O8/c1-28-32(8-4-10-35(28)36-11-5-12-38(29(36)2)52-15-7-14-47-13-6-9-34(23-47)55-27-49)25-54-40-18-39(53-24-31-16-30(19-44)20-45-21-31)33(17-37(40)43)22-46-42(3,26-48)41(50)51/h4-5,8,10-12,16-18,20-21,27,34,46,48H,6-7,9,13-15,22-26H2,1-3H3,(H,50,51)/t34-,42-/m0/s1. The molecule has 0 bridgehead atoms. The molecule has 12 nitrogen and oxygen atoms in total. The first-order chi connectivity index (χ1) is 26.5. The molecule has 3 aromatic carbocycles. The number of piperidine rings is 1. The van der Waals surface area contributed by atoms with Crippen molar-refractivity contribution >= 4 is 24.0 Å². The number of carbonyl (C=O) groups is 2. The first-order valence-electron chi connectivity index (χ1n) is 18.2. The van der Waals surface area contributed by atoms with Crippen molar-refractivity contribution in [2.75, 3.05) is 32.8 Å². The zero-order valence-corrected chi connectivity index (χ0v) is 32.1. The number of rotatable bonds is 19. The van der Waals surface area contributed by atoms with Crippen molar-refractivity contribution in [3.05, 3.63) is 105 Å². The molecule has 0 spiro atoms. The van der Waals surface area contributed by atoms with E-state index in [0.29, 0.717) is 46.3 Å². The molecule has 0 unspecified atom stereocenters. The number of nitrogens with one attached hydrogen (secondary N) is 1. The maximum absolute atomic E-state index is 11.8. The number of nitriles is 1. The van der Waals surface area contributed by atoms with E-state index in [1.54, 1.807) is 24.4 Å². The van der Waals surface area contributed by atoms with Crippen LogP contribution in [0.1, 0.15) is 59.6 Å². The van der Waals surface area contributed by atoms with Crippen LogP contribution in [0.2, 0.25) is 5.02 Å². The maximum atomic E-state index is 11.8. The third-order valence-corrected chi connectivity index (χ3v) is 10.2. The van der Waals surface area contributed by atoms with Crippen molar-refractivity contribution in [3.8, 4) is 34.4 Å². The highest BCUT2D eigenvalue weighted by Gasteiger charge is 2.32. The Morgan fingerprint density at radius 2 is 1.80 bits per heavy atom. The molecule has 2 atom stereocenters. The van der Waals surface area contributed by atoms with Crippen LogP contribution in [-0.2, 0) is 34.1 Å². The number of benzene rings is 3. The van der Waals surface area contributed by atoms with Crippen LogP contribution >= 0.6 is 11.6 Å². The van der Waals surface area contributed by atoms with Crippen LogP contribution in [0.5, 0.6) is 17.2 Å². The molecule has 1 saturated heterocycles. The van der Waals surface area contributed by atoms with Gasteiger partial charge in [-0.15, -0.1) is 0 Å². The molecule has 1 aliphatic rings. The van der Waals surface area contributed by atoms with Crippen molar-refractivity contribution < 1.29 is 38.7 Å². The molecule has 0 radical (unpaired) electrons. The minimum Gasteiger partial charge on any atom is -0.493 e. The average molecular weight is 771 g/mol. The minimum atomic E-state index is -1.59. The zero-order valence-electron chi connectivity index (χ0n) is 31.3. The number of ether oxygens (including phenoxy) is 4. The molecule has 13 heteroatoms. The Balaban J connectivity index is 1.29. The molecule has 290 valence electrons. The Kier molecular flexibility index (Phi) is 14.5. The number of carboxylic acid groups (broad SMARTS) is 1. The van der Waals surface area contributed by atoms with Gasteiger partial charge in [0.15, 0.2) is 0 Å². The van der Waals surface area contributed by atoms with E-state index in [1.165, 1.54) is 13.1 Å². The van der Waals surface area contributed by atoms with Gasteiger partial charge in [-0.2, -0.15) is 5.26 Å². The SMILES string of the molecule is Cc1c(COc2cc(OCc3cncc(C#N)c3)c(CN[C@@](C)(CO)C(=O)O)cc2Cl)cccc1-c1cccc(OCCCN2CCC[C@H](OC=O)C2)c1C. The largest absolute Gasteiger partial charge is 0.493 e. The lowest BCUT2D eigenvalue weighted by Crippen LogP contribution is -2.52. The smallest absolute Gasteiger partial charge is 0.326 e. The fourth-order valence-electron chi connectivity index (χ4n) is 6.46. The molecule has 1 aromatic heterocycles. The van der Waals surface area contributed by atoms with Gasteiger partial charge in [-0.25, -0.2) is 0 Å². The number of pyridine rings is 1. The monoisotopic (exact) mass is 770 g/mol. The van der Waals surface area contributed by atoms with Crippen molar-refractivity contribution in [1.29, 1.82) is 5.26 Å². The topological polar surface area (TPSA) is 163 Å². The Hall–Kier alpha value is -5.19. The van der Waals surface area contributed by atoms with Crippen LogP contribution < -0.4 is 19.5 Å². The lowest BCUT2D eigenvalue weighted by atomic mass is 9.93. The fraction of sp³-hybridized carbons (Fsp3) is 0.381. The van der Waals surface area contributed by atoms with Gasteiger partial charge in [-0.3, -0.25) is 24.8 Å². The lowest BCUT2D eigenvalue weighted by Gasteiger charge is -2.31. The quantitative estimate of drug-likeness (QED) is 0.0714. The number of carboxylic acids is 1. The molecule has 55 heavy (non-hydrogen) atoms. The number of aliphatic hydroxyl groups excluding tert-OH is 1. The average Bonchev–Trinajstić information content (AvgIpc) is 3.19. The van der Waals surface area contributed by atoms with E-state index >= 15 is 0 Å². The number of likely N-dealkylation sites (tertiary alicyclic amines) is 1. The van der Waals surface area contributed by atoms with Crippen LogP contribution in [0, 0.1) is 25.2 Å². The Morgan fingerprint density at radius 1 is 1.04 bits per heavy atom. The summed E-state index contributed by atoms with van der Waals surface area (Å²) in [4.78, 5) is 29.0. The number of halogens is 1. The zero-order chi connectivity index (χ0) is 39.4. The van der Waals surface area contributed by atoms with E-state index in [-0.39, 0.29) is 25.9 Å². The first kappa shape index (κ1) is 41.0. The van der Waals surface area contributed by atoms with Crippen molar-refractivity contribution in [2.45, 2.75) is 71.4 Å². The van der Waals surface area contributed by atoms with Gasteiger partial charge >= 0.3 is 5.97 Å². The van der Waals surface area contributed by atoms with Crippen LogP contribution in [0.15, 0.2) is 67.0 Å². The van der Waals surface area contributed by atoms with E-state index in [1.807, 2.05) is 24.3 Å². The van der Waals surface area contributed by atoms with Gasteiger partial charge in [0, 0.05) is 49.2 Å². The number of aromatic nitrogens is 1. The summed E-state index contributed by atoms with van der Waals surface area (Å²) in [5, 5.41) is 31.9. The lowest BCUT2D eigenvalue weighted by molar-refractivity contribution is -0.146. The molecule has 1 aliphatic heterocycles. The Bertz CT molecular complexity index is 2000. The number of nitrogens with zero attached hydrogens (tertiary/aromatic N) is 3. The fourth-order valence-corrected chi connectivity index (χ4v) is 6.70. The predicted molar refractivity (Wildman–Crippen MR) is 207 cm³/mol. The molecule has 0 saturated carbocycles. The van der Waals surface area contributed by atoms with Gasteiger partial charge in [0.05, 0.1) is 23.8 Å². The summed E-state index contributed by atoms with van der Waals surface area (Å²) < 4.78 is 23.9. The number of hydrogen-bond donors (Lipinski definition) is 3. The predicted octanol–water partition coefficient (Wildman–Crippen LogP) is 6.38. The number of carbonyl (C=O) groups excluding carboxylic acids is 1. The van der Waals surface area contributed by atoms with Gasteiger partial charge in [0.2, 0.25) is 0 Å². The maximum Gasteiger partial charge on any atom is 0.326 e. The van der Waals surface area contributed by atoms with Crippen molar-refractivity contribution in [2.24, 2.45) is 0 Å². The second kappa shape index (κ2) is 19.4. The summed E-state index contributed by atoms with van der Waals surface area (Å²) in [6.07, 6.45) is 5.79. The highest BCUT2D eigenvalue weighted by atomic mass is 35.5. The van der Waals surface area contributed by atoms with E-state index in [4.69, 9.17) is 30.5 Å². The Morgan fingerprint density at radius 3 is 2.55 bits per heavy atom. The molecule has 4 aromatic rings. The minimum absolute atomic E-state index is 0.0230. The van der Waals surface area contributed by atoms with Crippen molar-refractivity contribution in [1.82, 2.24) is 15.2 Å². The molecular formula is C42H47ClN4O8. The van der Waals surface area contributed by atoms with Crippen LogP contribution in [0.4, 0.5) is 0 Å². The molecule has 2 heterocycles. The van der Waals surface area contributed by atoms with Gasteiger partial charge in [-0.05, 0) is 92.6 Å². The van der Waals surface area contributed by atoms with Crippen LogP contribution in [0.25, 0.3) is 11.1 Å². The van der Waals surface area contributed by atoms with Crippen LogP contribution in [-0.4, -0.2) is 77.0 Å². The molecule has 0 aliphatic carbocycles. The van der Waals surface area contributed by atoms with Gasteiger partial charge in [-0.1, -0.05) is 41.9 Å². The summed E-state index contributed by atoms with van der Waals surface area (Å²) >= 11 is 6.74. The molecule has 0 amide bonds. The summed E-state index contributed by atoms with van der Waals surface area (Å²) in [7, 11) is 0. The Labute approximate surface area is 326 Å². The highest BCUT2D eigenvalue weighted by molar-refractivity contribution is 6.32. The van der Waals surface area contributed by atoms with Crippen LogP contribution in [0.3, 0.4) is 0 Å². The first-order valence-corrected chi connectivity index (χ1v) is 18.6. The summed E-state index contributed by atoms with van der Waals surface area (Å²) in [5.41, 5.74) is 5.13. The molecule has 5 rings (SSSR count). The van der Waals surface area contributed by atoms with E-state index in [0.717, 1.165) is 72.5 Å². The van der Waals surface area contributed by atoms with E-state index in [9.17, 15) is 25.1 Å². The van der Waals surface area contributed by atoms with Crippen molar-refractivity contribution in [3.63, 3.8) is 0 Å². The molecular weight excluding hydrogens is 724 g/mol. The van der Waals surface area contributed by atoms with E-state index < -0.39 is 18.1 Å². The van der Waals surface area contributed by atoms with Gasteiger partial charge in [0.1, 0.15) is 48.2 Å². The van der Waals surface area contributed by atoms with Gasteiger partial charge < -0.3 is 29.2 Å². The number of hydrogen-bond acceptors (Lipinski definition) is 11. The second-order valence-corrected chi connectivity index (χ2v) is 14.2. The molecule has 3 N–H and O–H groups in total. The van der Waals surface area contributed by atoms with E-state index in [2.05, 4.69) is 47.3 Å². The summed E-state index contributed by atoms with van der Waals surface area (Å²) in [5.74, 6) is 0.358. The normalized spacial score (nSPS) is 15.4. The second-order valence-electron chi connectivity index (χ2n) is 13.8.